The average Bonchev–Trinajstić information content (AvgIpc) is 2.68. The Kier molecular flexibility index (Phi) is 3.23. The van der Waals surface area contributed by atoms with Crippen molar-refractivity contribution >= 4 is 28.1 Å². The zero-order valence-electron chi connectivity index (χ0n) is 8.89. The molecule has 1 aromatic carbocycles. The number of nitrogens with one attached hydrogen (secondary N) is 2. The highest BCUT2D eigenvalue weighted by molar-refractivity contribution is 7.76. The minimum absolute atomic E-state index is 0.212. The molecule has 0 saturated heterocycles. The minimum Gasteiger partial charge on any atom is -0.350 e. The van der Waals surface area contributed by atoms with E-state index in [2.05, 4.69) is 9.82 Å². The minimum atomic E-state index is -2.39. The van der Waals surface area contributed by atoms with Crippen molar-refractivity contribution in [1.29, 1.82) is 0 Å². The number of carbonyl (C=O) groups is 1. The Bertz CT molecular complexity index is 593. The van der Waals surface area contributed by atoms with E-state index in [1.165, 1.54) is 0 Å². The van der Waals surface area contributed by atoms with Crippen molar-refractivity contribution in [1.82, 2.24) is 9.87 Å². The van der Waals surface area contributed by atoms with Crippen molar-refractivity contribution in [2.75, 3.05) is 0 Å². The topological polar surface area (TPSA) is 91.4 Å². The molecule has 6 nitrogen and oxygen atoms in total. The van der Waals surface area contributed by atoms with Gasteiger partial charge in [0.2, 0.25) is 0 Å². The normalized spacial score (nSPS) is 12.6. The van der Waals surface area contributed by atoms with Crippen molar-refractivity contribution in [3.8, 4) is 0 Å². The van der Waals surface area contributed by atoms with Crippen LogP contribution in [0.3, 0.4) is 0 Å². The molecule has 2 rings (SSSR count). The van der Waals surface area contributed by atoms with Crippen LogP contribution in [0.25, 0.3) is 10.9 Å². The Hall–Kier alpha value is -1.70. The summed E-state index contributed by atoms with van der Waals surface area (Å²) in [6.45, 7) is 1.95. The standard InChI is InChI=1S/C10H10N2O4S/c1-6-2-3-8-7(4-6)5-9(11-8)10(13)16-12-17(14)15/h2-5,11-12H,1H3,(H,14,15). The molecule has 1 unspecified atom stereocenters. The second-order valence-corrected chi connectivity index (χ2v) is 4.16. The summed E-state index contributed by atoms with van der Waals surface area (Å²) < 4.78 is 18.7. The summed E-state index contributed by atoms with van der Waals surface area (Å²) in [4.78, 5) is 20.3. The zero-order valence-corrected chi connectivity index (χ0v) is 9.71. The Morgan fingerprint density at radius 1 is 1.47 bits per heavy atom. The van der Waals surface area contributed by atoms with Gasteiger partial charge in [0.05, 0.1) is 0 Å². The van der Waals surface area contributed by atoms with Crippen molar-refractivity contribution in [3.63, 3.8) is 0 Å². The van der Waals surface area contributed by atoms with E-state index in [0.29, 0.717) is 0 Å². The molecule has 0 amide bonds. The molecule has 0 spiro atoms. The highest BCUT2D eigenvalue weighted by Gasteiger charge is 2.11. The highest BCUT2D eigenvalue weighted by Crippen LogP contribution is 2.17. The van der Waals surface area contributed by atoms with Crippen LogP contribution in [0.5, 0.6) is 0 Å². The molecule has 0 radical (unpaired) electrons. The lowest BCUT2D eigenvalue weighted by Crippen LogP contribution is -2.21. The van der Waals surface area contributed by atoms with E-state index in [4.69, 9.17) is 4.55 Å². The lowest BCUT2D eigenvalue weighted by Gasteiger charge is -1.98. The first kappa shape index (κ1) is 11.8. The molecule has 1 aromatic heterocycles. The molecule has 1 heterocycles. The maximum absolute atomic E-state index is 11.4. The number of carbonyl (C=O) groups excluding carboxylic acids is 1. The quantitative estimate of drug-likeness (QED) is 0.568. The molecule has 0 fully saturated rings. The first-order valence-corrected chi connectivity index (χ1v) is 5.84. The Labute approximate surface area is 99.3 Å². The molecule has 0 aliphatic rings. The summed E-state index contributed by atoms with van der Waals surface area (Å²) in [5, 5.41) is 0.877. The lowest BCUT2D eigenvalue weighted by atomic mass is 10.2. The molecule has 2 aromatic rings. The molecule has 0 saturated carbocycles. The fourth-order valence-electron chi connectivity index (χ4n) is 1.49. The predicted octanol–water partition coefficient (Wildman–Crippen LogP) is 1.27. The SMILES string of the molecule is Cc1ccc2[nH]c(C(=O)ONS(=O)O)cc2c1. The number of fused-ring (bicyclic) bond motifs is 1. The largest absolute Gasteiger partial charge is 0.374 e. The smallest absolute Gasteiger partial charge is 0.350 e. The van der Waals surface area contributed by atoms with Gasteiger partial charge in [-0.25, -0.2) is 9.00 Å². The van der Waals surface area contributed by atoms with E-state index in [1.54, 1.807) is 11.0 Å². The molecule has 7 heteroatoms. The predicted molar refractivity (Wildman–Crippen MR) is 62.4 cm³/mol. The van der Waals surface area contributed by atoms with Gasteiger partial charge in [-0.3, -0.25) is 4.55 Å². The van der Waals surface area contributed by atoms with E-state index in [9.17, 15) is 9.00 Å². The van der Waals surface area contributed by atoms with E-state index < -0.39 is 17.2 Å². The van der Waals surface area contributed by atoms with E-state index >= 15 is 0 Å². The second-order valence-electron chi connectivity index (χ2n) is 3.50. The van der Waals surface area contributed by atoms with Gasteiger partial charge < -0.3 is 9.82 Å². The molecule has 1 atom stereocenters. The van der Waals surface area contributed by atoms with Crippen LogP contribution in [0.15, 0.2) is 24.3 Å². The fraction of sp³-hybridized carbons (Fsp3) is 0.100. The Morgan fingerprint density at radius 2 is 2.24 bits per heavy atom. The van der Waals surface area contributed by atoms with Crippen LogP contribution < -0.4 is 4.89 Å². The molecule has 0 bridgehead atoms. The number of aryl methyl sites for hydroxylation is 1. The summed E-state index contributed by atoms with van der Waals surface area (Å²) in [6.07, 6.45) is 0. The molecular formula is C10H10N2O4S. The Morgan fingerprint density at radius 3 is 2.94 bits per heavy atom. The van der Waals surface area contributed by atoms with Crippen LogP contribution >= 0.6 is 0 Å². The van der Waals surface area contributed by atoms with E-state index in [1.807, 2.05) is 25.1 Å². The molecule has 3 N–H and O–H groups in total. The van der Waals surface area contributed by atoms with Gasteiger partial charge in [0.1, 0.15) is 5.69 Å². The van der Waals surface area contributed by atoms with Crippen LogP contribution in [0, 0.1) is 6.92 Å². The van der Waals surface area contributed by atoms with Crippen molar-refractivity contribution in [2.24, 2.45) is 0 Å². The number of rotatable bonds is 3. The van der Waals surface area contributed by atoms with Gasteiger partial charge >= 0.3 is 5.97 Å². The average molecular weight is 254 g/mol. The lowest BCUT2D eigenvalue weighted by molar-refractivity contribution is 0.0399. The van der Waals surface area contributed by atoms with Gasteiger partial charge in [0.15, 0.2) is 0 Å². The van der Waals surface area contributed by atoms with Gasteiger partial charge in [-0.2, -0.15) is 0 Å². The Balaban J connectivity index is 2.24. The molecule has 17 heavy (non-hydrogen) atoms. The number of aromatic nitrogens is 1. The van der Waals surface area contributed by atoms with E-state index in [-0.39, 0.29) is 5.69 Å². The highest BCUT2D eigenvalue weighted by atomic mass is 32.2. The molecule has 0 aliphatic carbocycles. The zero-order chi connectivity index (χ0) is 12.4. The third-order valence-electron chi connectivity index (χ3n) is 2.20. The van der Waals surface area contributed by atoms with Crippen molar-refractivity contribution in [2.45, 2.75) is 6.92 Å². The maximum atomic E-state index is 11.4. The molecule has 90 valence electrons. The van der Waals surface area contributed by atoms with Crippen LogP contribution in [0.1, 0.15) is 16.1 Å². The summed E-state index contributed by atoms with van der Waals surface area (Å²) in [7, 11) is 0. The summed E-state index contributed by atoms with van der Waals surface area (Å²) in [6, 6.07) is 7.29. The fourth-order valence-corrected chi connectivity index (χ4v) is 1.64. The number of hydrogen-bond donors (Lipinski definition) is 3. The van der Waals surface area contributed by atoms with Gasteiger partial charge in [-0.15, -0.1) is 0 Å². The summed E-state index contributed by atoms with van der Waals surface area (Å²) in [5.74, 6) is -0.749. The number of benzene rings is 1. The summed E-state index contributed by atoms with van der Waals surface area (Å²) >= 11 is -2.39. The van der Waals surface area contributed by atoms with E-state index in [0.717, 1.165) is 16.5 Å². The monoisotopic (exact) mass is 254 g/mol. The number of aromatic amines is 1. The first-order valence-electron chi connectivity index (χ1n) is 4.73. The van der Waals surface area contributed by atoms with Gasteiger partial charge in [-0.05, 0) is 30.0 Å². The second kappa shape index (κ2) is 4.66. The molecule has 0 aliphatic heterocycles. The third kappa shape index (κ3) is 2.70. The van der Waals surface area contributed by atoms with Crippen LogP contribution in [-0.4, -0.2) is 19.7 Å². The molecular weight excluding hydrogens is 244 g/mol. The first-order chi connectivity index (χ1) is 8.06. The van der Waals surface area contributed by atoms with Gasteiger partial charge in [0.25, 0.3) is 11.3 Å². The van der Waals surface area contributed by atoms with Crippen LogP contribution in [0.4, 0.5) is 0 Å². The maximum Gasteiger partial charge on any atom is 0.374 e. The van der Waals surface area contributed by atoms with Gasteiger partial charge in [0, 0.05) is 10.9 Å². The summed E-state index contributed by atoms with van der Waals surface area (Å²) in [5.41, 5.74) is 2.09. The van der Waals surface area contributed by atoms with Crippen molar-refractivity contribution in [3.05, 3.63) is 35.5 Å². The third-order valence-corrected chi connectivity index (χ3v) is 2.43. The van der Waals surface area contributed by atoms with Crippen molar-refractivity contribution < 1.29 is 18.4 Å². The van der Waals surface area contributed by atoms with Crippen LogP contribution in [-0.2, 0) is 16.1 Å². The van der Waals surface area contributed by atoms with Crippen LogP contribution in [0.2, 0.25) is 0 Å². The van der Waals surface area contributed by atoms with Gasteiger partial charge in [-0.1, -0.05) is 11.6 Å². The number of H-pyrrole nitrogens is 1. The number of hydrogen-bond acceptors (Lipinski definition) is 3.